The van der Waals surface area contributed by atoms with Crippen molar-refractivity contribution < 1.29 is 14.3 Å². The second-order valence-corrected chi connectivity index (χ2v) is 9.51. The molecule has 0 bridgehead atoms. The Kier molecular flexibility index (Phi) is 10.1. The minimum atomic E-state index is -0.668. The van der Waals surface area contributed by atoms with Crippen molar-refractivity contribution in [1.82, 2.24) is 10.2 Å². The lowest BCUT2D eigenvalue weighted by atomic mass is 10.0. The summed E-state index contributed by atoms with van der Waals surface area (Å²) in [5, 5.41) is 3.10. The molecule has 5 heteroatoms. The molecule has 3 aromatic rings. The molecule has 0 aromatic heterocycles. The van der Waals surface area contributed by atoms with Gasteiger partial charge in [0.1, 0.15) is 11.8 Å². The summed E-state index contributed by atoms with van der Waals surface area (Å²) < 4.78 is 6.04. The van der Waals surface area contributed by atoms with E-state index in [2.05, 4.69) is 19.2 Å². The third-order valence-electron chi connectivity index (χ3n) is 6.36. The molecule has 0 unspecified atom stereocenters. The van der Waals surface area contributed by atoms with Crippen LogP contribution in [0.2, 0.25) is 0 Å². The highest BCUT2D eigenvalue weighted by molar-refractivity contribution is 5.88. The fourth-order valence-corrected chi connectivity index (χ4v) is 4.09. The van der Waals surface area contributed by atoms with E-state index in [4.69, 9.17) is 4.74 Å². The minimum absolute atomic E-state index is 0.0126. The van der Waals surface area contributed by atoms with Crippen molar-refractivity contribution in [2.24, 2.45) is 0 Å². The second-order valence-electron chi connectivity index (χ2n) is 9.51. The monoisotopic (exact) mass is 486 g/mol. The lowest BCUT2D eigenvalue weighted by Crippen LogP contribution is -2.53. The molecule has 0 saturated heterocycles. The zero-order valence-electron chi connectivity index (χ0n) is 21.8. The van der Waals surface area contributed by atoms with Gasteiger partial charge in [0.25, 0.3) is 5.91 Å². The van der Waals surface area contributed by atoms with Crippen LogP contribution in [0.25, 0.3) is 0 Å². The Balaban J connectivity index is 1.91. The second kappa shape index (κ2) is 13.5. The molecule has 190 valence electrons. The molecule has 2 atom stereocenters. The lowest BCUT2D eigenvalue weighted by Gasteiger charge is -2.32. The van der Waals surface area contributed by atoms with Gasteiger partial charge in [-0.05, 0) is 42.0 Å². The molecular formula is C31H38N2O3. The Morgan fingerprint density at radius 1 is 0.833 bits per heavy atom. The molecule has 1 N–H and O–H groups in total. The third-order valence-corrected chi connectivity index (χ3v) is 6.36. The molecule has 2 amide bonds. The molecule has 0 spiro atoms. The highest BCUT2D eigenvalue weighted by atomic mass is 16.5. The lowest BCUT2D eigenvalue weighted by molar-refractivity contribution is -0.143. The summed E-state index contributed by atoms with van der Waals surface area (Å²) in [6.45, 7) is 8.39. The van der Waals surface area contributed by atoms with Crippen molar-refractivity contribution >= 4 is 11.8 Å². The maximum atomic E-state index is 13.7. The molecule has 0 saturated carbocycles. The number of ether oxygens (including phenoxy) is 1. The van der Waals surface area contributed by atoms with Gasteiger partial charge >= 0.3 is 0 Å². The molecule has 0 heterocycles. The number of carbonyl (C=O) groups excluding carboxylic acids is 2. The van der Waals surface area contributed by atoms with Gasteiger partial charge in [0.2, 0.25) is 5.91 Å². The van der Waals surface area contributed by atoms with Crippen molar-refractivity contribution in [2.75, 3.05) is 6.61 Å². The number of carbonyl (C=O) groups is 2. The molecule has 36 heavy (non-hydrogen) atoms. The SMILES string of the molecule is CC[C@H](C)NC(=O)[C@H](Cc1ccccc1)N(Cc1ccccc1)C(=O)COc1ccccc1C(C)C. The highest BCUT2D eigenvalue weighted by Gasteiger charge is 2.31. The van der Waals surface area contributed by atoms with Crippen molar-refractivity contribution in [2.45, 2.75) is 65.1 Å². The molecule has 0 fully saturated rings. The van der Waals surface area contributed by atoms with Crippen molar-refractivity contribution in [3.63, 3.8) is 0 Å². The standard InChI is InChI=1S/C31H38N2O3/c1-5-24(4)32-31(35)28(20-25-14-8-6-9-15-25)33(21-26-16-10-7-11-17-26)30(34)22-36-29-19-13-12-18-27(29)23(2)3/h6-19,23-24,28H,5,20-22H2,1-4H3,(H,32,35)/t24-,28-/m0/s1. The van der Waals surface area contributed by atoms with E-state index in [-0.39, 0.29) is 30.4 Å². The topological polar surface area (TPSA) is 58.6 Å². The van der Waals surface area contributed by atoms with E-state index < -0.39 is 6.04 Å². The number of para-hydroxylation sites is 1. The summed E-state index contributed by atoms with van der Waals surface area (Å²) >= 11 is 0. The van der Waals surface area contributed by atoms with Crippen LogP contribution in [0.4, 0.5) is 0 Å². The van der Waals surface area contributed by atoms with E-state index in [1.807, 2.05) is 98.8 Å². The summed E-state index contributed by atoms with van der Waals surface area (Å²) in [7, 11) is 0. The average molecular weight is 487 g/mol. The van der Waals surface area contributed by atoms with E-state index in [1.54, 1.807) is 4.90 Å². The largest absolute Gasteiger partial charge is 0.483 e. The Morgan fingerprint density at radius 2 is 1.42 bits per heavy atom. The Bertz CT molecular complexity index is 1100. The molecule has 0 radical (unpaired) electrons. The number of hydrogen-bond donors (Lipinski definition) is 1. The van der Waals surface area contributed by atoms with Gasteiger partial charge < -0.3 is 15.0 Å². The smallest absolute Gasteiger partial charge is 0.261 e. The Labute approximate surface area is 215 Å². The van der Waals surface area contributed by atoms with Crippen LogP contribution in [0.15, 0.2) is 84.9 Å². The number of benzene rings is 3. The van der Waals surface area contributed by atoms with E-state index in [0.29, 0.717) is 18.7 Å². The van der Waals surface area contributed by atoms with Crippen LogP contribution in [0.5, 0.6) is 5.75 Å². The quantitative estimate of drug-likeness (QED) is 0.355. The Morgan fingerprint density at radius 3 is 2.03 bits per heavy atom. The van der Waals surface area contributed by atoms with Gasteiger partial charge in [-0.2, -0.15) is 0 Å². The van der Waals surface area contributed by atoms with Crippen LogP contribution in [0.3, 0.4) is 0 Å². The normalized spacial score (nSPS) is 12.6. The zero-order valence-corrected chi connectivity index (χ0v) is 21.8. The molecule has 0 aliphatic carbocycles. The van der Waals surface area contributed by atoms with E-state index in [0.717, 1.165) is 23.1 Å². The summed E-state index contributed by atoms with van der Waals surface area (Å²) in [4.78, 5) is 28.9. The highest BCUT2D eigenvalue weighted by Crippen LogP contribution is 2.26. The first-order valence-electron chi connectivity index (χ1n) is 12.8. The van der Waals surface area contributed by atoms with Gasteiger partial charge in [0.15, 0.2) is 6.61 Å². The van der Waals surface area contributed by atoms with Gasteiger partial charge in [-0.1, -0.05) is 99.6 Å². The maximum Gasteiger partial charge on any atom is 0.261 e. The van der Waals surface area contributed by atoms with E-state index in [9.17, 15) is 9.59 Å². The van der Waals surface area contributed by atoms with Gasteiger partial charge in [-0.15, -0.1) is 0 Å². The first kappa shape index (κ1) is 27.0. The number of nitrogens with one attached hydrogen (secondary N) is 1. The maximum absolute atomic E-state index is 13.7. The van der Waals surface area contributed by atoms with Crippen LogP contribution in [-0.2, 0) is 22.6 Å². The number of rotatable bonds is 12. The van der Waals surface area contributed by atoms with Gasteiger partial charge in [-0.25, -0.2) is 0 Å². The van der Waals surface area contributed by atoms with Crippen LogP contribution in [-0.4, -0.2) is 35.4 Å². The molecular weight excluding hydrogens is 448 g/mol. The number of hydrogen-bond acceptors (Lipinski definition) is 3. The third kappa shape index (κ3) is 7.70. The van der Waals surface area contributed by atoms with E-state index in [1.165, 1.54) is 0 Å². The van der Waals surface area contributed by atoms with Gasteiger partial charge in [-0.3, -0.25) is 9.59 Å². The van der Waals surface area contributed by atoms with E-state index >= 15 is 0 Å². The summed E-state index contributed by atoms with van der Waals surface area (Å²) in [6.07, 6.45) is 1.23. The van der Waals surface area contributed by atoms with Crippen molar-refractivity contribution in [1.29, 1.82) is 0 Å². The molecule has 0 aliphatic rings. The molecule has 3 aromatic carbocycles. The van der Waals surface area contributed by atoms with Gasteiger partial charge in [0.05, 0.1) is 0 Å². The molecule has 3 rings (SSSR count). The van der Waals surface area contributed by atoms with Crippen LogP contribution in [0.1, 0.15) is 56.7 Å². The summed E-state index contributed by atoms with van der Waals surface area (Å²) in [5.41, 5.74) is 3.01. The molecule has 5 nitrogen and oxygen atoms in total. The summed E-state index contributed by atoms with van der Waals surface area (Å²) in [6, 6.07) is 26.7. The predicted octanol–water partition coefficient (Wildman–Crippen LogP) is 5.74. The van der Waals surface area contributed by atoms with Crippen LogP contribution < -0.4 is 10.1 Å². The first-order chi connectivity index (χ1) is 17.4. The average Bonchev–Trinajstić information content (AvgIpc) is 2.90. The van der Waals surface area contributed by atoms with Crippen LogP contribution >= 0.6 is 0 Å². The number of nitrogens with zero attached hydrogens (tertiary/aromatic N) is 1. The fraction of sp³-hybridized carbons (Fsp3) is 0.355. The first-order valence-corrected chi connectivity index (χ1v) is 12.8. The Hall–Kier alpha value is -3.60. The molecule has 0 aliphatic heterocycles. The zero-order chi connectivity index (χ0) is 25.9. The number of amides is 2. The predicted molar refractivity (Wildman–Crippen MR) is 145 cm³/mol. The fourth-order valence-electron chi connectivity index (χ4n) is 4.09. The van der Waals surface area contributed by atoms with Crippen LogP contribution in [0, 0.1) is 0 Å². The van der Waals surface area contributed by atoms with Gasteiger partial charge in [0, 0.05) is 19.0 Å². The minimum Gasteiger partial charge on any atom is -0.483 e. The summed E-state index contributed by atoms with van der Waals surface area (Å²) in [5.74, 6) is 0.589. The van der Waals surface area contributed by atoms with Crippen molar-refractivity contribution in [3.8, 4) is 5.75 Å². The van der Waals surface area contributed by atoms with Crippen molar-refractivity contribution in [3.05, 3.63) is 102 Å².